The number of carbonyl (C=O) groups excluding carboxylic acids is 1. The van der Waals surface area contributed by atoms with E-state index < -0.39 is 0 Å². The Labute approximate surface area is 138 Å². The van der Waals surface area contributed by atoms with Gasteiger partial charge in [0.1, 0.15) is 5.03 Å². The Morgan fingerprint density at radius 1 is 1.22 bits per heavy atom. The molecule has 0 saturated carbocycles. The lowest BCUT2D eigenvalue weighted by Gasteiger charge is -2.20. The van der Waals surface area contributed by atoms with E-state index in [1.54, 1.807) is 11.8 Å². The van der Waals surface area contributed by atoms with Crippen molar-refractivity contribution in [2.24, 2.45) is 0 Å². The summed E-state index contributed by atoms with van der Waals surface area (Å²) in [4.78, 5) is 22.4. The van der Waals surface area contributed by atoms with Gasteiger partial charge in [-0.2, -0.15) is 0 Å². The molecule has 1 aliphatic heterocycles. The van der Waals surface area contributed by atoms with E-state index in [2.05, 4.69) is 28.2 Å². The third kappa shape index (κ3) is 2.61. The van der Waals surface area contributed by atoms with E-state index in [9.17, 15) is 4.79 Å². The van der Waals surface area contributed by atoms with Gasteiger partial charge in [0, 0.05) is 28.5 Å². The molecule has 4 nitrogen and oxygen atoms in total. The zero-order chi connectivity index (χ0) is 15.6. The summed E-state index contributed by atoms with van der Waals surface area (Å²) in [5.41, 5.74) is 2.24. The number of aromatic amines is 1. The molecule has 1 fully saturated rings. The van der Waals surface area contributed by atoms with Gasteiger partial charge in [-0.25, -0.2) is 4.98 Å². The number of rotatable bonds is 4. The first-order valence-electron chi connectivity index (χ1n) is 7.77. The van der Waals surface area contributed by atoms with Gasteiger partial charge in [-0.15, -0.1) is 0 Å². The molecule has 1 atom stereocenters. The van der Waals surface area contributed by atoms with Crippen LogP contribution in [0.3, 0.4) is 0 Å². The number of amides is 1. The average Bonchev–Trinajstić information content (AvgIpc) is 3.20. The number of para-hydroxylation sites is 1. The highest BCUT2D eigenvalue weighted by Gasteiger charge is 2.29. The molecule has 1 N–H and O–H groups in total. The fourth-order valence-corrected chi connectivity index (χ4v) is 4.27. The zero-order valence-corrected chi connectivity index (χ0v) is 13.4. The molecular weight excluding hydrogens is 306 g/mol. The van der Waals surface area contributed by atoms with Crippen LogP contribution in [-0.4, -0.2) is 27.8 Å². The number of aromatic nitrogens is 2. The van der Waals surface area contributed by atoms with Crippen molar-refractivity contribution in [3.63, 3.8) is 0 Å². The maximum absolute atomic E-state index is 11.4. The van der Waals surface area contributed by atoms with Crippen molar-refractivity contribution in [2.45, 2.75) is 28.8 Å². The highest BCUT2D eigenvalue weighted by molar-refractivity contribution is 7.99. The highest BCUT2D eigenvalue weighted by atomic mass is 32.2. The lowest BCUT2D eigenvalue weighted by molar-refractivity contribution is -0.119. The minimum absolute atomic E-state index is 0.131. The first-order chi connectivity index (χ1) is 11.4. The first-order valence-corrected chi connectivity index (χ1v) is 8.59. The maximum atomic E-state index is 11.4. The van der Waals surface area contributed by atoms with Crippen molar-refractivity contribution in [1.82, 2.24) is 14.9 Å². The second-order valence-corrected chi connectivity index (χ2v) is 6.72. The van der Waals surface area contributed by atoms with Crippen LogP contribution in [0.25, 0.3) is 10.9 Å². The van der Waals surface area contributed by atoms with Gasteiger partial charge in [-0.05, 0) is 31.0 Å². The molecule has 116 valence electrons. The summed E-state index contributed by atoms with van der Waals surface area (Å²) >= 11 is 1.66. The molecule has 0 radical (unpaired) electrons. The van der Waals surface area contributed by atoms with Crippen molar-refractivity contribution in [3.8, 4) is 0 Å². The summed E-state index contributed by atoms with van der Waals surface area (Å²) in [6.45, 7) is 0.831. The summed E-state index contributed by atoms with van der Waals surface area (Å²) in [7, 11) is 0. The summed E-state index contributed by atoms with van der Waals surface area (Å²) in [6.07, 6.45) is 4.83. The van der Waals surface area contributed by atoms with Gasteiger partial charge in [0.15, 0.2) is 0 Å². The van der Waals surface area contributed by atoms with Crippen LogP contribution in [0.5, 0.6) is 0 Å². The van der Waals surface area contributed by atoms with Crippen LogP contribution in [0.2, 0.25) is 0 Å². The van der Waals surface area contributed by atoms with Crippen molar-refractivity contribution in [3.05, 3.63) is 54.4 Å². The van der Waals surface area contributed by atoms with E-state index in [1.807, 2.05) is 35.4 Å². The number of likely N-dealkylation sites (tertiary alicyclic amines) is 1. The molecule has 1 aliphatic rings. The summed E-state index contributed by atoms with van der Waals surface area (Å²) < 4.78 is 0. The predicted molar refractivity (Wildman–Crippen MR) is 91.4 cm³/mol. The number of benzene rings is 1. The van der Waals surface area contributed by atoms with E-state index in [4.69, 9.17) is 0 Å². The quantitative estimate of drug-likeness (QED) is 0.738. The van der Waals surface area contributed by atoms with Crippen LogP contribution < -0.4 is 0 Å². The van der Waals surface area contributed by atoms with Crippen LogP contribution in [-0.2, 0) is 4.79 Å². The van der Waals surface area contributed by atoms with Gasteiger partial charge in [0.2, 0.25) is 6.41 Å². The molecule has 1 aromatic carbocycles. The van der Waals surface area contributed by atoms with Crippen molar-refractivity contribution in [2.75, 3.05) is 6.54 Å². The molecule has 0 aliphatic carbocycles. The smallest absolute Gasteiger partial charge is 0.210 e. The van der Waals surface area contributed by atoms with Crippen LogP contribution in [0.15, 0.2) is 58.6 Å². The van der Waals surface area contributed by atoms with Gasteiger partial charge < -0.3 is 9.88 Å². The molecule has 5 heteroatoms. The van der Waals surface area contributed by atoms with Gasteiger partial charge in [0.25, 0.3) is 0 Å². The topological polar surface area (TPSA) is 49.0 Å². The van der Waals surface area contributed by atoms with Crippen molar-refractivity contribution >= 4 is 29.1 Å². The SMILES string of the molecule is O=CN1CCCC1c1[nH]c2ccccc2c1Sc1ccccn1. The molecule has 3 aromatic rings. The largest absolute Gasteiger partial charge is 0.356 e. The lowest BCUT2D eigenvalue weighted by atomic mass is 10.1. The molecule has 0 bridgehead atoms. The third-order valence-corrected chi connectivity index (χ3v) is 5.39. The van der Waals surface area contributed by atoms with Crippen LogP contribution >= 0.6 is 11.8 Å². The number of pyridine rings is 1. The third-order valence-electron chi connectivity index (χ3n) is 4.29. The number of H-pyrrole nitrogens is 1. The number of nitrogens with zero attached hydrogens (tertiary/aromatic N) is 2. The molecule has 1 amide bonds. The Balaban J connectivity index is 1.83. The van der Waals surface area contributed by atoms with E-state index in [1.165, 1.54) is 10.3 Å². The molecule has 1 unspecified atom stereocenters. The molecule has 3 heterocycles. The van der Waals surface area contributed by atoms with Gasteiger partial charge in [-0.1, -0.05) is 36.0 Å². The number of hydrogen-bond acceptors (Lipinski definition) is 3. The molecule has 2 aromatic heterocycles. The van der Waals surface area contributed by atoms with Crippen molar-refractivity contribution < 1.29 is 4.79 Å². The van der Waals surface area contributed by atoms with Crippen LogP contribution in [0.4, 0.5) is 0 Å². The second kappa shape index (κ2) is 6.08. The fraction of sp³-hybridized carbons (Fsp3) is 0.222. The maximum Gasteiger partial charge on any atom is 0.210 e. The minimum Gasteiger partial charge on any atom is -0.356 e. The van der Waals surface area contributed by atoms with Crippen LogP contribution in [0.1, 0.15) is 24.6 Å². The first kappa shape index (κ1) is 14.3. The number of hydrogen-bond donors (Lipinski definition) is 1. The molecule has 23 heavy (non-hydrogen) atoms. The number of fused-ring (bicyclic) bond motifs is 1. The molecule has 4 rings (SSSR count). The standard InChI is InChI=1S/C18H17N3OS/c22-12-21-11-5-8-15(21)17-18(23-16-9-3-4-10-19-16)13-6-1-2-7-14(13)20-17/h1-4,6-7,9-10,12,15,20H,5,8,11H2. The fourth-order valence-electron chi connectivity index (χ4n) is 3.22. The Hall–Kier alpha value is -2.27. The molecule has 0 spiro atoms. The van der Waals surface area contributed by atoms with Crippen LogP contribution in [0, 0.1) is 0 Å². The summed E-state index contributed by atoms with van der Waals surface area (Å²) in [5, 5.41) is 2.16. The van der Waals surface area contributed by atoms with Gasteiger partial charge >= 0.3 is 0 Å². The van der Waals surface area contributed by atoms with E-state index in [0.717, 1.165) is 42.0 Å². The van der Waals surface area contributed by atoms with E-state index in [-0.39, 0.29) is 6.04 Å². The average molecular weight is 323 g/mol. The second-order valence-electron chi connectivity index (χ2n) is 5.68. The van der Waals surface area contributed by atoms with E-state index >= 15 is 0 Å². The van der Waals surface area contributed by atoms with Gasteiger partial charge in [-0.3, -0.25) is 4.79 Å². The van der Waals surface area contributed by atoms with Crippen molar-refractivity contribution in [1.29, 1.82) is 0 Å². The Kier molecular flexibility index (Phi) is 3.79. The monoisotopic (exact) mass is 323 g/mol. The lowest BCUT2D eigenvalue weighted by Crippen LogP contribution is -2.21. The normalized spacial score (nSPS) is 17.7. The summed E-state index contributed by atoms with van der Waals surface area (Å²) in [5.74, 6) is 0. The Morgan fingerprint density at radius 3 is 2.91 bits per heavy atom. The highest BCUT2D eigenvalue weighted by Crippen LogP contribution is 2.42. The zero-order valence-electron chi connectivity index (χ0n) is 12.6. The van der Waals surface area contributed by atoms with Gasteiger partial charge in [0.05, 0.1) is 11.7 Å². The van der Waals surface area contributed by atoms with E-state index in [0.29, 0.717) is 0 Å². The number of nitrogens with one attached hydrogen (secondary N) is 1. The Bertz CT molecular complexity index is 831. The predicted octanol–water partition coefficient (Wildman–Crippen LogP) is 4.01. The Morgan fingerprint density at radius 2 is 2.09 bits per heavy atom. The number of carbonyl (C=O) groups is 1. The minimum atomic E-state index is 0.131. The molecule has 1 saturated heterocycles. The molecular formula is C18H17N3OS. The summed E-state index contributed by atoms with van der Waals surface area (Å²) in [6, 6.07) is 14.4.